The molecule has 18 heavy (non-hydrogen) atoms. The number of amides is 1. The summed E-state index contributed by atoms with van der Waals surface area (Å²) in [5, 5.41) is 12.6. The molecule has 0 aliphatic carbocycles. The quantitative estimate of drug-likeness (QED) is 0.833. The number of aromatic nitrogens is 1. The molecule has 0 spiro atoms. The Balaban J connectivity index is 2.36. The van der Waals surface area contributed by atoms with E-state index in [-0.39, 0.29) is 11.8 Å². The highest BCUT2D eigenvalue weighted by Gasteiger charge is 2.12. The van der Waals surface area contributed by atoms with Gasteiger partial charge in [0.05, 0.1) is 22.1 Å². The van der Waals surface area contributed by atoms with Crippen LogP contribution in [0.3, 0.4) is 0 Å². The first-order valence-electron chi connectivity index (χ1n) is 5.56. The van der Waals surface area contributed by atoms with Gasteiger partial charge in [0, 0.05) is 5.56 Å². The van der Waals surface area contributed by atoms with E-state index in [0.29, 0.717) is 12.0 Å². The highest BCUT2D eigenvalue weighted by atomic mass is 32.1. The SMILES string of the molecule is Cc1ncsc1-c1ccc([C@H](C)NC=O)c(O)c1. The maximum atomic E-state index is 10.4. The number of carbonyl (C=O) groups excluding carboxylic acids is 1. The average molecular weight is 262 g/mol. The molecular formula is C13H14N2O2S. The van der Waals surface area contributed by atoms with Gasteiger partial charge in [0.15, 0.2) is 0 Å². The van der Waals surface area contributed by atoms with Gasteiger partial charge in [-0.15, -0.1) is 11.3 Å². The van der Waals surface area contributed by atoms with Crippen molar-refractivity contribution in [2.45, 2.75) is 19.9 Å². The van der Waals surface area contributed by atoms with Gasteiger partial charge < -0.3 is 10.4 Å². The molecule has 0 radical (unpaired) electrons. The van der Waals surface area contributed by atoms with Crippen LogP contribution >= 0.6 is 11.3 Å². The molecule has 0 saturated carbocycles. The van der Waals surface area contributed by atoms with E-state index in [2.05, 4.69) is 10.3 Å². The van der Waals surface area contributed by atoms with Crippen LogP contribution in [-0.4, -0.2) is 16.5 Å². The molecule has 0 fully saturated rings. The van der Waals surface area contributed by atoms with Crippen LogP contribution in [0.25, 0.3) is 10.4 Å². The fraction of sp³-hybridized carbons (Fsp3) is 0.231. The van der Waals surface area contributed by atoms with Gasteiger partial charge in [0.25, 0.3) is 0 Å². The summed E-state index contributed by atoms with van der Waals surface area (Å²) in [6, 6.07) is 5.25. The molecule has 0 aliphatic heterocycles. The summed E-state index contributed by atoms with van der Waals surface area (Å²) in [4.78, 5) is 15.6. The van der Waals surface area contributed by atoms with Gasteiger partial charge in [-0.2, -0.15) is 0 Å². The van der Waals surface area contributed by atoms with Crippen LogP contribution < -0.4 is 5.32 Å². The van der Waals surface area contributed by atoms with Crippen molar-refractivity contribution in [3.8, 4) is 16.2 Å². The van der Waals surface area contributed by atoms with Crippen LogP contribution in [0.4, 0.5) is 0 Å². The minimum atomic E-state index is -0.209. The minimum absolute atomic E-state index is 0.183. The molecule has 1 heterocycles. The predicted octanol–water partition coefficient (Wildman–Crippen LogP) is 2.63. The Morgan fingerprint density at radius 2 is 2.28 bits per heavy atom. The summed E-state index contributed by atoms with van der Waals surface area (Å²) in [5.41, 5.74) is 4.38. The lowest BCUT2D eigenvalue weighted by atomic mass is 10.0. The van der Waals surface area contributed by atoms with Gasteiger partial charge in [-0.25, -0.2) is 4.98 Å². The van der Waals surface area contributed by atoms with E-state index in [9.17, 15) is 9.90 Å². The van der Waals surface area contributed by atoms with Gasteiger partial charge in [-0.05, 0) is 25.5 Å². The number of aryl methyl sites for hydroxylation is 1. The third kappa shape index (κ3) is 2.36. The average Bonchev–Trinajstić information content (AvgIpc) is 2.75. The second kappa shape index (κ2) is 5.18. The number of phenolic OH excluding ortho intramolecular Hbond substituents is 1. The summed E-state index contributed by atoms with van der Waals surface area (Å²) < 4.78 is 0. The number of carbonyl (C=O) groups is 1. The van der Waals surface area contributed by atoms with Crippen molar-refractivity contribution in [1.82, 2.24) is 10.3 Å². The molecule has 5 heteroatoms. The van der Waals surface area contributed by atoms with Crippen LogP contribution in [-0.2, 0) is 4.79 Å². The maximum absolute atomic E-state index is 10.4. The molecule has 1 aromatic carbocycles. The Morgan fingerprint density at radius 3 is 2.83 bits per heavy atom. The maximum Gasteiger partial charge on any atom is 0.207 e. The Labute approximate surface area is 109 Å². The van der Waals surface area contributed by atoms with Crippen molar-refractivity contribution in [3.05, 3.63) is 35.0 Å². The van der Waals surface area contributed by atoms with Gasteiger partial charge in [0.2, 0.25) is 6.41 Å². The van der Waals surface area contributed by atoms with Gasteiger partial charge in [-0.3, -0.25) is 4.79 Å². The van der Waals surface area contributed by atoms with Crippen molar-refractivity contribution < 1.29 is 9.90 Å². The molecule has 4 nitrogen and oxygen atoms in total. The van der Waals surface area contributed by atoms with Crippen molar-refractivity contribution >= 4 is 17.7 Å². The zero-order valence-electron chi connectivity index (χ0n) is 10.2. The molecule has 0 bridgehead atoms. The number of hydrogen-bond donors (Lipinski definition) is 2. The van der Waals surface area contributed by atoms with Crippen LogP contribution in [0.2, 0.25) is 0 Å². The highest BCUT2D eigenvalue weighted by molar-refractivity contribution is 7.13. The number of nitrogens with zero attached hydrogens (tertiary/aromatic N) is 1. The monoisotopic (exact) mass is 262 g/mol. The lowest BCUT2D eigenvalue weighted by molar-refractivity contribution is -0.110. The Kier molecular flexibility index (Phi) is 3.62. The number of rotatable bonds is 4. The predicted molar refractivity (Wildman–Crippen MR) is 71.6 cm³/mol. The first-order valence-corrected chi connectivity index (χ1v) is 6.44. The fourth-order valence-electron chi connectivity index (χ4n) is 1.82. The third-order valence-corrected chi connectivity index (χ3v) is 3.80. The standard InChI is InChI=1S/C13H14N2O2S/c1-8(14-6-16)11-4-3-10(5-12(11)17)13-9(2)15-7-18-13/h3-8,17H,1-2H3,(H,14,16)/t8-/m0/s1. The summed E-state index contributed by atoms with van der Waals surface area (Å²) in [5.74, 6) is 0.183. The zero-order valence-corrected chi connectivity index (χ0v) is 11.0. The van der Waals surface area contributed by atoms with Crippen LogP contribution in [0.5, 0.6) is 5.75 Å². The second-order valence-corrected chi connectivity index (χ2v) is 4.90. The van der Waals surface area contributed by atoms with E-state index in [1.165, 1.54) is 0 Å². The van der Waals surface area contributed by atoms with Crippen molar-refractivity contribution in [2.24, 2.45) is 0 Å². The van der Waals surface area contributed by atoms with Crippen molar-refractivity contribution in [3.63, 3.8) is 0 Å². The summed E-state index contributed by atoms with van der Waals surface area (Å²) >= 11 is 1.54. The van der Waals surface area contributed by atoms with E-state index in [1.807, 2.05) is 26.0 Å². The largest absolute Gasteiger partial charge is 0.508 e. The highest BCUT2D eigenvalue weighted by Crippen LogP contribution is 2.33. The minimum Gasteiger partial charge on any atom is -0.508 e. The molecule has 2 N–H and O–H groups in total. The number of aromatic hydroxyl groups is 1. The van der Waals surface area contributed by atoms with E-state index in [4.69, 9.17) is 0 Å². The van der Waals surface area contributed by atoms with Crippen molar-refractivity contribution in [2.75, 3.05) is 0 Å². The summed E-state index contributed by atoms with van der Waals surface area (Å²) in [6.07, 6.45) is 0.630. The molecule has 1 atom stereocenters. The number of benzene rings is 1. The van der Waals surface area contributed by atoms with E-state index < -0.39 is 0 Å². The number of phenols is 1. The Bertz CT molecular complexity index is 566. The molecule has 0 saturated heterocycles. The molecule has 2 rings (SSSR count). The number of nitrogens with one attached hydrogen (secondary N) is 1. The van der Waals surface area contributed by atoms with Crippen LogP contribution in [0.1, 0.15) is 24.2 Å². The number of thiazole rings is 1. The lowest BCUT2D eigenvalue weighted by Crippen LogP contribution is -2.16. The zero-order chi connectivity index (χ0) is 13.1. The van der Waals surface area contributed by atoms with Crippen LogP contribution in [0, 0.1) is 6.92 Å². The fourth-order valence-corrected chi connectivity index (χ4v) is 2.62. The molecular weight excluding hydrogens is 248 g/mol. The molecule has 2 aromatic rings. The van der Waals surface area contributed by atoms with Gasteiger partial charge in [0.1, 0.15) is 5.75 Å². The molecule has 0 unspecified atom stereocenters. The van der Waals surface area contributed by atoms with E-state index in [1.54, 1.807) is 22.9 Å². The van der Waals surface area contributed by atoms with E-state index in [0.717, 1.165) is 16.1 Å². The van der Waals surface area contributed by atoms with Gasteiger partial charge >= 0.3 is 0 Å². The summed E-state index contributed by atoms with van der Waals surface area (Å²) in [6.45, 7) is 3.76. The second-order valence-electron chi connectivity index (χ2n) is 4.05. The Morgan fingerprint density at radius 1 is 1.50 bits per heavy atom. The molecule has 1 aromatic heterocycles. The molecule has 0 aliphatic rings. The first kappa shape index (κ1) is 12.6. The normalized spacial score (nSPS) is 12.1. The van der Waals surface area contributed by atoms with E-state index >= 15 is 0 Å². The third-order valence-electron chi connectivity index (χ3n) is 2.82. The van der Waals surface area contributed by atoms with Gasteiger partial charge in [-0.1, -0.05) is 12.1 Å². The topological polar surface area (TPSA) is 62.2 Å². The molecule has 94 valence electrons. The summed E-state index contributed by atoms with van der Waals surface area (Å²) in [7, 11) is 0. The smallest absolute Gasteiger partial charge is 0.207 e. The Hall–Kier alpha value is -1.88. The lowest BCUT2D eigenvalue weighted by Gasteiger charge is -2.13. The first-order chi connectivity index (χ1) is 8.63. The van der Waals surface area contributed by atoms with Crippen LogP contribution in [0.15, 0.2) is 23.7 Å². The number of hydrogen-bond acceptors (Lipinski definition) is 4. The molecule has 1 amide bonds. The van der Waals surface area contributed by atoms with Crippen molar-refractivity contribution in [1.29, 1.82) is 0 Å².